The number of hydrogen-bond acceptors (Lipinski definition) is 4. The van der Waals surface area contributed by atoms with E-state index in [-0.39, 0.29) is 12.6 Å². The van der Waals surface area contributed by atoms with Gasteiger partial charge >= 0.3 is 5.97 Å². The van der Waals surface area contributed by atoms with Crippen molar-refractivity contribution in [1.82, 2.24) is 4.90 Å². The zero-order valence-electron chi connectivity index (χ0n) is 13.4. The van der Waals surface area contributed by atoms with Crippen LogP contribution in [0.5, 0.6) is 0 Å². The standard InChI is InChI=1S/C19H20ClNO3/c20-18-7-3-6-15(12-18)19(22)24-14-17-5-2-1-4-16(17)13-21-8-10-23-11-9-21/h1-7,12H,8-11,13-14H2. The van der Waals surface area contributed by atoms with Gasteiger partial charge in [-0.2, -0.15) is 0 Å². The Morgan fingerprint density at radius 1 is 1.08 bits per heavy atom. The molecule has 0 unspecified atom stereocenters. The van der Waals surface area contributed by atoms with Gasteiger partial charge in [-0.1, -0.05) is 41.9 Å². The second-order valence-corrected chi connectivity index (χ2v) is 6.18. The molecule has 1 aliphatic heterocycles. The number of esters is 1. The molecular weight excluding hydrogens is 326 g/mol. The van der Waals surface area contributed by atoms with Crippen molar-refractivity contribution in [2.24, 2.45) is 0 Å². The molecule has 24 heavy (non-hydrogen) atoms. The van der Waals surface area contributed by atoms with Crippen LogP contribution < -0.4 is 0 Å². The quantitative estimate of drug-likeness (QED) is 0.777. The van der Waals surface area contributed by atoms with E-state index in [9.17, 15) is 4.79 Å². The third kappa shape index (κ3) is 4.57. The first-order valence-corrected chi connectivity index (χ1v) is 8.40. The molecule has 0 bridgehead atoms. The van der Waals surface area contributed by atoms with Gasteiger partial charge in [0.25, 0.3) is 0 Å². The van der Waals surface area contributed by atoms with E-state index in [2.05, 4.69) is 11.0 Å². The van der Waals surface area contributed by atoms with Crippen LogP contribution in [0, 0.1) is 0 Å². The fourth-order valence-electron chi connectivity index (χ4n) is 2.69. The van der Waals surface area contributed by atoms with Crippen LogP contribution in [0.4, 0.5) is 0 Å². The highest BCUT2D eigenvalue weighted by Gasteiger charge is 2.14. The number of benzene rings is 2. The van der Waals surface area contributed by atoms with Crippen molar-refractivity contribution in [3.8, 4) is 0 Å². The number of rotatable bonds is 5. The molecule has 4 nitrogen and oxygen atoms in total. The summed E-state index contributed by atoms with van der Waals surface area (Å²) in [5.41, 5.74) is 2.67. The number of carbonyl (C=O) groups is 1. The molecule has 0 amide bonds. The highest BCUT2D eigenvalue weighted by atomic mass is 35.5. The van der Waals surface area contributed by atoms with E-state index in [1.807, 2.05) is 18.2 Å². The Morgan fingerprint density at radius 3 is 2.58 bits per heavy atom. The molecule has 2 aromatic rings. The largest absolute Gasteiger partial charge is 0.457 e. The van der Waals surface area contributed by atoms with Crippen molar-refractivity contribution in [3.05, 3.63) is 70.2 Å². The minimum atomic E-state index is -0.362. The monoisotopic (exact) mass is 345 g/mol. The Morgan fingerprint density at radius 2 is 1.83 bits per heavy atom. The van der Waals surface area contributed by atoms with Crippen LogP contribution in [0.1, 0.15) is 21.5 Å². The van der Waals surface area contributed by atoms with Gasteiger partial charge in [0, 0.05) is 24.7 Å². The SMILES string of the molecule is O=C(OCc1ccccc1CN1CCOCC1)c1cccc(Cl)c1. The summed E-state index contributed by atoms with van der Waals surface area (Å²) < 4.78 is 10.8. The molecule has 1 heterocycles. The first kappa shape index (κ1) is 17.0. The van der Waals surface area contributed by atoms with Crippen LogP contribution in [-0.2, 0) is 22.6 Å². The molecule has 1 fully saturated rings. The molecule has 2 aromatic carbocycles. The minimum absolute atomic E-state index is 0.256. The van der Waals surface area contributed by atoms with Crippen LogP contribution in [0.2, 0.25) is 5.02 Å². The van der Waals surface area contributed by atoms with Crippen LogP contribution in [0.25, 0.3) is 0 Å². The van der Waals surface area contributed by atoms with Crippen LogP contribution >= 0.6 is 11.6 Å². The lowest BCUT2D eigenvalue weighted by Crippen LogP contribution is -2.35. The fraction of sp³-hybridized carbons (Fsp3) is 0.316. The third-order valence-corrected chi connectivity index (χ3v) is 4.27. The summed E-state index contributed by atoms with van der Waals surface area (Å²) in [5, 5.41) is 0.525. The van der Waals surface area contributed by atoms with Crippen molar-refractivity contribution < 1.29 is 14.3 Å². The summed E-state index contributed by atoms with van der Waals surface area (Å²) in [7, 11) is 0. The third-order valence-electron chi connectivity index (χ3n) is 4.04. The fourth-order valence-corrected chi connectivity index (χ4v) is 2.89. The summed E-state index contributed by atoms with van der Waals surface area (Å²) in [6.07, 6.45) is 0. The van der Waals surface area contributed by atoms with E-state index < -0.39 is 0 Å². The maximum absolute atomic E-state index is 12.2. The molecule has 0 aromatic heterocycles. The molecule has 5 heteroatoms. The molecule has 0 N–H and O–H groups in total. The zero-order valence-corrected chi connectivity index (χ0v) is 14.2. The number of morpholine rings is 1. The van der Waals surface area contributed by atoms with Crippen LogP contribution in [-0.4, -0.2) is 37.2 Å². The summed E-state index contributed by atoms with van der Waals surface area (Å²) in [5.74, 6) is -0.362. The molecule has 126 valence electrons. The number of ether oxygens (including phenoxy) is 2. The van der Waals surface area contributed by atoms with Crippen LogP contribution in [0.15, 0.2) is 48.5 Å². The Bertz CT molecular complexity index is 699. The van der Waals surface area contributed by atoms with Gasteiger partial charge in [-0.3, -0.25) is 4.90 Å². The highest BCUT2D eigenvalue weighted by molar-refractivity contribution is 6.30. The van der Waals surface area contributed by atoms with Gasteiger partial charge in [-0.25, -0.2) is 4.79 Å². The Kier molecular flexibility index (Phi) is 5.86. The van der Waals surface area contributed by atoms with Gasteiger partial charge in [0.2, 0.25) is 0 Å². The first-order valence-electron chi connectivity index (χ1n) is 8.02. The lowest BCUT2D eigenvalue weighted by atomic mass is 10.1. The second kappa shape index (κ2) is 8.29. The summed E-state index contributed by atoms with van der Waals surface area (Å²) in [6.45, 7) is 4.49. The number of halogens is 1. The molecule has 1 aliphatic rings. The van der Waals surface area contributed by atoms with Crippen molar-refractivity contribution in [3.63, 3.8) is 0 Å². The molecule has 0 spiro atoms. The van der Waals surface area contributed by atoms with E-state index in [1.54, 1.807) is 24.3 Å². The van der Waals surface area contributed by atoms with Gasteiger partial charge in [-0.15, -0.1) is 0 Å². The molecule has 0 aliphatic carbocycles. The predicted octanol–water partition coefficient (Wildman–Crippen LogP) is 3.53. The second-order valence-electron chi connectivity index (χ2n) is 5.74. The minimum Gasteiger partial charge on any atom is -0.457 e. The van der Waals surface area contributed by atoms with Crippen molar-refractivity contribution >= 4 is 17.6 Å². The molecule has 0 saturated carbocycles. The molecule has 3 rings (SSSR count). The maximum Gasteiger partial charge on any atom is 0.338 e. The Balaban J connectivity index is 1.63. The zero-order chi connectivity index (χ0) is 16.8. The van der Waals surface area contributed by atoms with E-state index in [4.69, 9.17) is 21.1 Å². The smallest absolute Gasteiger partial charge is 0.338 e. The van der Waals surface area contributed by atoms with Gasteiger partial charge in [0.15, 0.2) is 0 Å². The number of nitrogens with zero attached hydrogens (tertiary/aromatic N) is 1. The molecule has 1 saturated heterocycles. The predicted molar refractivity (Wildman–Crippen MR) is 93.1 cm³/mol. The normalized spacial score (nSPS) is 15.2. The number of hydrogen-bond donors (Lipinski definition) is 0. The summed E-state index contributed by atoms with van der Waals surface area (Å²) >= 11 is 5.92. The summed E-state index contributed by atoms with van der Waals surface area (Å²) in [4.78, 5) is 14.5. The lowest BCUT2D eigenvalue weighted by molar-refractivity contribution is 0.0335. The molecule has 0 atom stereocenters. The Hall–Kier alpha value is -1.88. The Labute approximate surface area is 146 Å². The molecular formula is C19H20ClNO3. The van der Waals surface area contributed by atoms with Crippen molar-refractivity contribution in [2.45, 2.75) is 13.2 Å². The van der Waals surface area contributed by atoms with Crippen molar-refractivity contribution in [1.29, 1.82) is 0 Å². The average Bonchev–Trinajstić information content (AvgIpc) is 2.61. The first-order chi connectivity index (χ1) is 11.7. The highest BCUT2D eigenvalue weighted by Crippen LogP contribution is 2.16. The van der Waals surface area contributed by atoms with E-state index in [0.717, 1.165) is 38.4 Å². The maximum atomic E-state index is 12.2. The van der Waals surface area contributed by atoms with Gasteiger partial charge < -0.3 is 9.47 Å². The summed E-state index contributed by atoms with van der Waals surface area (Å²) in [6, 6.07) is 14.8. The molecule has 0 radical (unpaired) electrons. The van der Waals surface area contributed by atoms with Gasteiger partial charge in [-0.05, 0) is 29.3 Å². The van der Waals surface area contributed by atoms with E-state index in [0.29, 0.717) is 10.6 Å². The van der Waals surface area contributed by atoms with Gasteiger partial charge in [0.05, 0.1) is 18.8 Å². The lowest BCUT2D eigenvalue weighted by Gasteiger charge is -2.27. The van der Waals surface area contributed by atoms with E-state index in [1.165, 1.54) is 5.56 Å². The topological polar surface area (TPSA) is 38.8 Å². The van der Waals surface area contributed by atoms with E-state index >= 15 is 0 Å². The van der Waals surface area contributed by atoms with Crippen molar-refractivity contribution in [2.75, 3.05) is 26.3 Å². The van der Waals surface area contributed by atoms with Gasteiger partial charge in [0.1, 0.15) is 6.61 Å². The average molecular weight is 346 g/mol. The number of carbonyl (C=O) groups excluding carboxylic acids is 1. The van der Waals surface area contributed by atoms with Crippen LogP contribution in [0.3, 0.4) is 0 Å².